The van der Waals surface area contributed by atoms with Crippen LogP contribution in [-0.2, 0) is 16.0 Å². The highest BCUT2D eigenvalue weighted by Gasteiger charge is 2.41. The van der Waals surface area contributed by atoms with Gasteiger partial charge in [-0.25, -0.2) is 0 Å². The number of morpholine rings is 1. The predicted octanol–water partition coefficient (Wildman–Crippen LogP) is 2.69. The molecule has 1 N–H and O–H groups in total. The minimum Gasteiger partial charge on any atom is -0.363 e. The van der Waals surface area contributed by atoms with Crippen molar-refractivity contribution in [3.8, 4) is 0 Å². The Labute approximate surface area is 145 Å². The van der Waals surface area contributed by atoms with Crippen molar-refractivity contribution >= 4 is 5.91 Å². The molecule has 1 aliphatic carbocycles. The van der Waals surface area contributed by atoms with Gasteiger partial charge in [0.25, 0.3) is 0 Å². The molecule has 1 saturated carbocycles. The molecule has 4 heteroatoms. The van der Waals surface area contributed by atoms with Crippen LogP contribution in [0.2, 0.25) is 0 Å². The van der Waals surface area contributed by atoms with Crippen molar-refractivity contribution in [1.82, 2.24) is 10.2 Å². The number of amides is 1. The normalized spacial score (nSPS) is 27.7. The second-order valence-electron chi connectivity index (χ2n) is 7.28. The molecule has 0 atom stereocenters. The first-order valence-electron chi connectivity index (χ1n) is 9.31. The Morgan fingerprint density at radius 1 is 1.29 bits per heavy atom. The van der Waals surface area contributed by atoms with Crippen molar-refractivity contribution in [2.45, 2.75) is 57.6 Å². The average Bonchev–Trinajstić information content (AvgIpc) is 2.61. The molecule has 1 heterocycles. The summed E-state index contributed by atoms with van der Waals surface area (Å²) in [5.74, 6) is 0.140. The van der Waals surface area contributed by atoms with E-state index in [2.05, 4.69) is 43.4 Å². The van der Waals surface area contributed by atoms with Crippen LogP contribution in [0.3, 0.4) is 0 Å². The van der Waals surface area contributed by atoms with Gasteiger partial charge in [-0.3, -0.25) is 4.79 Å². The fourth-order valence-corrected chi connectivity index (χ4v) is 4.03. The third kappa shape index (κ3) is 3.98. The Balaban J connectivity index is 1.44. The smallest absolute Gasteiger partial charge is 0.248 e. The van der Waals surface area contributed by atoms with E-state index in [-0.39, 0.29) is 18.1 Å². The van der Waals surface area contributed by atoms with Gasteiger partial charge in [0, 0.05) is 19.1 Å². The lowest BCUT2D eigenvalue weighted by Gasteiger charge is -2.46. The second-order valence-corrected chi connectivity index (χ2v) is 7.28. The first-order chi connectivity index (χ1) is 11.6. The van der Waals surface area contributed by atoms with Crippen molar-refractivity contribution < 1.29 is 9.53 Å². The zero-order valence-electron chi connectivity index (χ0n) is 15.0. The molecule has 132 valence electrons. The number of carbonyl (C=O) groups excluding carboxylic acids is 1. The van der Waals surface area contributed by atoms with Gasteiger partial charge >= 0.3 is 0 Å². The van der Waals surface area contributed by atoms with Gasteiger partial charge in [-0.15, -0.1) is 0 Å². The molecular formula is C20H30N2O2. The molecule has 1 amide bonds. The summed E-state index contributed by atoms with van der Waals surface area (Å²) >= 11 is 0. The Morgan fingerprint density at radius 3 is 2.75 bits per heavy atom. The number of hydrogen-bond donors (Lipinski definition) is 1. The molecule has 2 aliphatic rings. The number of hydrogen-bond acceptors (Lipinski definition) is 3. The van der Waals surface area contributed by atoms with Crippen LogP contribution in [0.5, 0.6) is 0 Å². The molecule has 1 saturated heterocycles. The van der Waals surface area contributed by atoms with Crippen LogP contribution in [0.4, 0.5) is 0 Å². The van der Waals surface area contributed by atoms with Crippen LogP contribution >= 0.6 is 0 Å². The lowest BCUT2D eigenvalue weighted by Crippen LogP contribution is -2.57. The first-order valence-corrected chi connectivity index (χ1v) is 9.31. The molecule has 0 aromatic heterocycles. The third-order valence-electron chi connectivity index (χ3n) is 5.70. The maximum absolute atomic E-state index is 11.8. The summed E-state index contributed by atoms with van der Waals surface area (Å²) in [5, 5.41) is 3.72. The maximum Gasteiger partial charge on any atom is 0.248 e. The summed E-state index contributed by atoms with van der Waals surface area (Å²) in [6.07, 6.45) is 5.47. The van der Waals surface area contributed by atoms with Gasteiger partial charge in [0.15, 0.2) is 0 Å². The summed E-state index contributed by atoms with van der Waals surface area (Å²) in [4.78, 5) is 13.8. The fraction of sp³-hybridized carbons (Fsp3) is 0.650. The standard InChI is InChI=1S/C20H30N2O2/c1-3-22-15-20(24-14-19(22)23)11-8-18(9-12-20)21-13-10-17-7-5-4-6-16(17)2/h4-7,18,21H,3,8-15H2,1-2H3. The molecule has 24 heavy (non-hydrogen) atoms. The van der Waals surface area contributed by atoms with Gasteiger partial charge in [-0.05, 0) is 63.6 Å². The summed E-state index contributed by atoms with van der Waals surface area (Å²) in [6.45, 7) is 7.10. The molecule has 0 unspecified atom stereocenters. The lowest BCUT2D eigenvalue weighted by atomic mass is 9.80. The monoisotopic (exact) mass is 330 g/mol. The van der Waals surface area contributed by atoms with E-state index in [9.17, 15) is 4.79 Å². The van der Waals surface area contributed by atoms with Crippen LogP contribution < -0.4 is 5.32 Å². The number of carbonyl (C=O) groups is 1. The Kier molecular flexibility index (Phi) is 5.57. The molecule has 2 fully saturated rings. The van der Waals surface area contributed by atoms with Crippen molar-refractivity contribution in [2.75, 3.05) is 26.2 Å². The Morgan fingerprint density at radius 2 is 2.04 bits per heavy atom. The van der Waals surface area contributed by atoms with E-state index in [1.165, 1.54) is 11.1 Å². The molecule has 0 radical (unpaired) electrons. The van der Waals surface area contributed by atoms with E-state index in [1.54, 1.807) is 0 Å². The molecule has 1 aromatic rings. The lowest BCUT2D eigenvalue weighted by molar-refractivity contribution is -0.169. The summed E-state index contributed by atoms with van der Waals surface area (Å²) < 4.78 is 5.97. The fourth-order valence-electron chi connectivity index (χ4n) is 4.03. The first kappa shape index (κ1) is 17.4. The summed E-state index contributed by atoms with van der Waals surface area (Å²) in [6, 6.07) is 9.20. The van der Waals surface area contributed by atoms with E-state index in [0.717, 1.165) is 51.7 Å². The van der Waals surface area contributed by atoms with Gasteiger partial charge in [-0.1, -0.05) is 24.3 Å². The predicted molar refractivity (Wildman–Crippen MR) is 96.1 cm³/mol. The van der Waals surface area contributed by atoms with Crippen LogP contribution in [0.15, 0.2) is 24.3 Å². The van der Waals surface area contributed by atoms with Gasteiger partial charge in [0.05, 0.1) is 5.60 Å². The van der Waals surface area contributed by atoms with E-state index in [0.29, 0.717) is 6.04 Å². The SMILES string of the molecule is CCN1CC2(CCC(NCCc3ccccc3C)CC2)OCC1=O. The quantitative estimate of drug-likeness (QED) is 0.902. The molecule has 4 nitrogen and oxygen atoms in total. The maximum atomic E-state index is 11.8. The van der Waals surface area contributed by atoms with Crippen molar-refractivity contribution in [3.63, 3.8) is 0 Å². The van der Waals surface area contributed by atoms with Crippen LogP contribution in [0.1, 0.15) is 43.7 Å². The van der Waals surface area contributed by atoms with E-state index >= 15 is 0 Å². The topological polar surface area (TPSA) is 41.6 Å². The zero-order valence-corrected chi connectivity index (χ0v) is 15.0. The number of aryl methyl sites for hydroxylation is 1. The zero-order chi connectivity index (χ0) is 17.0. The number of ether oxygens (including phenoxy) is 1. The number of benzene rings is 1. The largest absolute Gasteiger partial charge is 0.363 e. The summed E-state index contributed by atoms with van der Waals surface area (Å²) in [5.41, 5.74) is 2.73. The summed E-state index contributed by atoms with van der Waals surface area (Å²) in [7, 11) is 0. The molecule has 1 spiro atoms. The Hall–Kier alpha value is -1.39. The van der Waals surface area contributed by atoms with Crippen molar-refractivity contribution in [3.05, 3.63) is 35.4 Å². The van der Waals surface area contributed by atoms with Gasteiger partial charge in [-0.2, -0.15) is 0 Å². The number of nitrogens with one attached hydrogen (secondary N) is 1. The number of rotatable bonds is 5. The number of likely N-dealkylation sites (N-methyl/N-ethyl adjacent to an activating group) is 1. The Bertz CT molecular complexity index is 565. The van der Waals surface area contributed by atoms with Crippen LogP contribution in [-0.4, -0.2) is 48.7 Å². The van der Waals surface area contributed by atoms with Gasteiger partial charge in [0.2, 0.25) is 5.91 Å². The minimum absolute atomic E-state index is 0.0852. The van der Waals surface area contributed by atoms with Gasteiger partial charge in [0.1, 0.15) is 6.61 Å². The number of nitrogens with zero attached hydrogens (tertiary/aromatic N) is 1. The third-order valence-corrected chi connectivity index (χ3v) is 5.70. The molecular weight excluding hydrogens is 300 g/mol. The van der Waals surface area contributed by atoms with Gasteiger partial charge < -0.3 is 15.0 Å². The minimum atomic E-state index is -0.0852. The molecule has 1 aromatic carbocycles. The van der Waals surface area contributed by atoms with Crippen molar-refractivity contribution in [2.24, 2.45) is 0 Å². The van der Waals surface area contributed by atoms with E-state index < -0.39 is 0 Å². The average molecular weight is 330 g/mol. The van der Waals surface area contributed by atoms with Crippen LogP contribution in [0.25, 0.3) is 0 Å². The molecule has 3 rings (SSSR count). The highest BCUT2D eigenvalue weighted by Crippen LogP contribution is 2.34. The second kappa shape index (κ2) is 7.66. The van der Waals surface area contributed by atoms with Crippen molar-refractivity contribution in [1.29, 1.82) is 0 Å². The van der Waals surface area contributed by atoms with E-state index in [4.69, 9.17) is 4.74 Å². The molecule has 0 bridgehead atoms. The molecule has 1 aliphatic heterocycles. The highest BCUT2D eigenvalue weighted by atomic mass is 16.5. The van der Waals surface area contributed by atoms with Crippen LogP contribution in [0, 0.1) is 6.92 Å². The highest BCUT2D eigenvalue weighted by molar-refractivity contribution is 5.78. The van der Waals surface area contributed by atoms with E-state index in [1.807, 2.05) is 4.90 Å².